The van der Waals surface area contributed by atoms with Crippen LogP contribution in [0.2, 0.25) is 0 Å². The molecule has 3 heterocycles. The summed E-state index contributed by atoms with van der Waals surface area (Å²) in [7, 11) is 0. The van der Waals surface area contributed by atoms with Crippen molar-refractivity contribution in [3.8, 4) is 11.4 Å². The molecule has 0 bridgehead atoms. The van der Waals surface area contributed by atoms with Gasteiger partial charge in [-0.1, -0.05) is 6.07 Å². The first-order chi connectivity index (χ1) is 14.6. The first-order valence-corrected chi connectivity index (χ1v) is 9.95. The number of urea groups is 1. The average molecular weight is 400 g/mol. The Bertz CT molecular complexity index is 1170. The van der Waals surface area contributed by atoms with E-state index < -0.39 is 0 Å². The van der Waals surface area contributed by atoms with Crippen molar-refractivity contribution >= 4 is 22.9 Å². The summed E-state index contributed by atoms with van der Waals surface area (Å²) in [5, 5.41) is 5.80. The van der Waals surface area contributed by atoms with E-state index in [1.165, 1.54) is 5.56 Å². The molecule has 152 valence electrons. The number of anilines is 1. The van der Waals surface area contributed by atoms with E-state index in [1.54, 1.807) is 18.6 Å². The second-order valence-electron chi connectivity index (χ2n) is 7.20. The van der Waals surface area contributed by atoms with Crippen molar-refractivity contribution in [3.63, 3.8) is 0 Å². The lowest BCUT2D eigenvalue weighted by atomic mass is 10.1. The maximum atomic E-state index is 12.2. The standard InChI is InChI=1S/C23H24N6O/c1-16-6-7-19(15-17(16)2)27-23(30)26-11-4-14-29-21(18-8-12-24-13-9-18)28-20-5-3-10-25-22(20)29/h3,5-10,12-13,15H,4,11,14H2,1-2H3,(H2,26,27,30). The highest BCUT2D eigenvalue weighted by Gasteiger charge is 2.13. The van der Waals surface area contributed by atoms with Crippen molar-refractivity contribution in [2.24, 2.45) is 0 Å². The number of aromatic nitrogens is 4. The lowest BCUT2D eigenvalue weighted by molar-refractivity contribution is 0.252. The average Bonchev–Trinajstić information content (AvgIpc) is 3.13. The molecule has 0 aliphatic rings. The zero-order valence-corrected chi connectivity index (χ0v) is 17.1. The van der Waals surface area contributed by atoms with Crippen molar-refractivity contribution in [1.82, 2.24) is 24.8 Å². The van der Waals surface area contributed by atoms with Gasteiger partial charge in [-0.25, -0.2) is 14.8 Å². The van der Waals surface area contributed by atoms with Crippen molar-refractivity contribution in [2.75, 3.05) is 11.9 Å². The van der Waals surface area contributed by atoms with E-state index in [0.717, 1.165) is 40.2 Å². The van der Waals surface area contributed by atoms with Gasteiger partial charge in [0, 0.05) is 42.9 Å². The van der Waals surface area contributed by atoms with Crippen LogP contribution in [0.5, 0.6) is 0 Å². The van der Waals surface area contributed by atoms with Gasteiger partial charge in [-0.3, -0.25) is 4.98 Å². The molecule has 7 nitrogen and oxygen atoms in total. The van der Waals surface area contributed by atoms with Gasteiger partial charge in [0.2, 0.25) is 0 Å². The molecule has 0 atom stereocenters. The number of rotatable bonds is 6. The first-order valence-electron chi connectivity index (χ1n) is 9.95. The third-order valence-electron chi connectivity index (χ3n) is 5.05. The van der Waals surface area contributed by atoms with E-state index in [9.17, 15) is 4.79 Å². The Balaban J connectivity index is 1.40. The minimum atomic E-state index is -0.207. The van der Waals surface area contributed by atoms with Crippen molar-refractivity contribution in [3.05, 3.63) is 72.2 Å². The fraction of sp³-hybridized carbons (Fsp3) is 0.217. The van der Waals surface area contributed by atoms with Crippen LogP contribution in [0.3, 0.4) is 0 Å². The third-order valence-corrected chi connectivity index (χ3v) is 5.05. The minimum Gasteiger partial charge on any atom is -0.338 e. The van der Waals surface area contributed by atoms with E-state index in [1.807, 2.05) is 56.3 Å². The number of hydrogen-bond acceptors (Lipinski definition) is 4. The highest BCUT2D eigenvalue weighted by atomic mass is 16.2. The van der Waals surface area contributed by atoms with Gasteiger partial charge >= 0.3 is 6.03 Å². The zero-order valence-electron chi connectivity index (χ0n) is 17.1. The van der Waals surface area contributed by atoms with E-state index in [4.69, 9.17) is 4.98 Å². The fourth-order valence-electron chi connectivity index (χ4n) is 3.33. The molecule has 0 saturated heterocycles. The van der Waals surface area contributed by atoms with Crippen LogP contribution in [0.25, 0.3) is 22.6 Å². The molecule has 0 fully saturated rings. The van der Waals surface area contributed by atoms with Gasteiger partial charge < -0.3 is 15.2 Å². The van der Waals surface area contributed by atoms with Gasteiger partial charge in [0.05, 0.1) is 0 Å². The fourth-order valence-corrected chi connectivity index (χ4v) is 3.33. The molecule has 0 radical (unpaired) electrons. The summed E-state index contributed by atoms with van der Waals surface area (Å²) in [5.41, 5.74) is 5.82. The lowest BCUT2D eigenvalue weighted by Gasteiger charge is -2.11. The second-order valence-corrected chi connectivity index (χ2v) is 7.20. The predicted octanol–water partition coefficient (Wildman–Crippen LogP) is 4.32. The number of pyridine rings is 2. The van der Waals surface area contributed by atoms with Crippen LogP contribution in [0.4, 0.5) is 10.5 Å². The molecule has 7 heteroatoms. The highest BCUT2D eigenvalue weighted by molar-refractivity contribution is 5.89. The Morgan fingerprint density at radius 1 is 1.03 bits per heavy atom. The Hall–Kier alpha value is -3.74. The smallest absolute Gasteiger partial charge is 0.319 e. The van der Waals surface area contributed by atoms with Gasteiger partial charge in [-0.15, -0.1) is 0 Å². The number of amides is 2. The van der Waals surface area contributed by atoms with Crippen LogP contribution in [0.15, 0.2) is 61.1 Å². The van der Waals surface area contributed by atoms with Crippen LogP contribution in [0.1, 0.15) is 17.5 Å². The highest BCUT2D eigenvalue weighted by Crippen LogP contribution is 2.23. The molecule has 0 unspecified atom stereocenters. The maximum absolute atomic E-state index is 12.2. The molecular formula is C23H24N6O. The Morgan fingerprint density at radius 3 is 2.67 bits per heavy atom. The van der Waals surface area contributed by atoms with E-state index in [2.05, 4.69) is 25.2 Å². The lowest BCUT2D eigenvalue weighted by Crippen LogP contribution is -2.30. The quantitative estimate of drug-likeness (QED) is 0.472. The molecule has 0 saturated carbocycles. The van der Waals surface area contributed by atoms with Crippen LogP contribution in [0, 0.1) is 13.8 Å². The van der Waals surface area contributed by atoms with Crippen molar-refractivity contribution in [1.29, 1.82) is 0 Å². The summed E-state index contributed by atoms with van der Waals surface area (Å²) < 4.78 is 2.09. The normalized spacial score (nSPS) is 10.9. The topological polar surface area (TPSA) is 84.7 Å². The van der Waals surface area contributed by atoms with E-state index in [0.29, 0.717) is 13.1 Å². The summed E-state index contributed by atoms with van der Waals surface area (Å²) in [5.74, 6) is 0.852. The molecule has 4 aromatic rings. The molecule has 0 aliphatic carbocycles. The van der Waals surface area contributed by atoms with Crippen LogP contribution in [-0.4, -0.2) is 32.1 Å². The number of benzene rings is 1. The van der Waals surface area contributed by atoms with Gasteiger partial charge in [0.15, 0.2) is 5.65 Å². The van der Waals surface area contributed by atoms with Crippen LogP contribution >= 0.6 is 0 Å². The summed E-state index contributed by atoms with van der Waals surface area (Å²) in [6.45, 7) is 5.31. The largest absolute Gasteiger partial charge is 0.338 e. The SMILES string of the molecule is Cc1ccc(NC(=O)NCCCn2c(-c3ccncc3)nc3cccnc32)cc1C. The molecule has 2 amide bonds. The van der Waals surface area contributed by atoms with Crippen LogP contribution in [-0.2, 0) is 6.54 Å². The van der Waals surface area contributed by atoms with Gasteiger partial charge in [-0.05, 0) is 67.8 Å². The molecule has 0 aliphatic heterocycles. The number of nitrogens with zero attached hydrogens (tertiary/aromatic N) is 4. The van der Waals surface area contributed by atoms with Gasteiger partial charge in [-0.2, -0.15) is 0 Å². The summed E-state index contributed by atoms with van der Waals surface area (Å²) >= 11 is 0. The summed E-state index contributed by atoms with van der Waals surface area (Å²) in [4.78, 5) is 25.5. The van der Waals surface area contributed by atoms with Gasteiger partial charge in [0.1, 0.15) is 11.3 Å². The minimum absolute atomic E-state index is 0.207. The zero-order chi connectivity index (χ0) is 20.9. The summed E-state index contributed by atoms with van der Waals surface area (Å²) in [6.07, 6.45) is 6.03. The molecule has 30 heavy (non-hydrogen) atoms. The molecule has 0 spiro atoms. The maximum Gasteiger partial charge on any atom is 0.319 e. The molecule has 1 aromatic carbocycles. The molecule has 2 N–H and O–H groups in total. The number of imidazole rings is 1. The Labute approximate surface area is 175 Å². The molecule has 3 aromatic heterocycles. The third kappa shape index (κ3) is 4.30. The Morgan fingerprint density at radius 2 is 1.87 bits per heavy atom. The number of carbonyl (C=O) groups is 1. The van der Waals surface area contributed by atoms with E-state index >= 15 is 0 Å². The van der Waals surface area contributed by atoms with Gasteiger partial charge in [0.25, 0.3) is 0 Å². The Kier molecular flexibility index (Phi) is 5.70. The first kappa shape index (κ1) is 19.6. The summed E-state index contributed by atoms with van der Waals surface area (Å²) in [6, 6.07) is 13.4. The molecule has 4 rings (SSSR count). The van der Waals surface area contributed by atoms with Crippen LogP contribution < -0.4 is 10.6 Å². The van der Waals surface area contributed by atoms with Crippen molar-refractivity contribution in [2.45, 2.75) is 26.8 Å². The number of nitrogens with one attached hydrogen (secondary N) is 2. The van der Waals surface area contributed by atoms with E-state index in [-0.39, 0.29) is 6.03 Å². The predicted molar refractivity (Wildman–Crippen MR) is 118 cm³/mol. The number of carbonyl (C=O) groups excluding carboxylic acids is 1. The number of hydrogen-bond donors (Lipinski definition) is 2. The monoisotopic (exact) mass is 400 g/mol. The van der Waals surface area contributed by atoms with Crippen molar-refractivity contribution < 1.29 is 4.79 Å². The molecular weight excluding hydrogens is 376 g/mol. The number of aryl methyl sites for hydroxylation is 3. The number of fused-ring (bicyclic) bond motifs is 1. The second kappa shape index (κ2) is 8.73.